The van der Waals surface area contributed by atoms with Gasteiger partial charge in [-0.05, 0) is 79.6 Å². The van der Waals surface area contributed by atoms with E-state index in [-0.39, 0.29) is 0 Å². The first kappa shape index (κ1) is 27.3. The standard InChI is InChI=1S/C34H46N4O2/c1-36-34(20-33(35-36)27-7-5-4-6-8-27)32-24-38-18-17-28(32)19-29(38)23-37(21-25-9-13-30(39-2)14-10-25)22-26-11-15-31(40-3)16-12-26/h9-16,20,27-29,32H,4-8,17-19,21-24H2,1-3H3. The summed E-state index contributed by atoms with van der Waals surface area (Å²) in [6, 6.07) is 20.2. The second-order valence-electron chi connectivity index (χ2n) is 12.4. The largest absolute Gasteiger partial charge is 0.497 e. The van der Waals surface area contributed by atoms with E-state index < -0.39 is 0 Å². The smallest absolute Gasteiger partial charge is 0.118 e. The molecule has 7 rings (SSSR count). The molecule has 0 spiro atoms. The van der Waals surface area contributed by atoms with Gasteiger partial charge in [0.15, 0.2) is 0 Å². The lowest BCUT2D eigenvalue weighted by Gasteiger charge is -2.51. The molecule has 0 N–H and O–H groups in total. The van der Waals surface area contributed by atoms with Gasteiger partial charge in [0.1, 0.15) is 11.5 Å². The van der Waals surface area contributed by atoms with Gasteiger partial charge in [-0.1, -0.05) is 43.5 Å². The molecule has 4 heterocycles. The number of ether oxygens (including phenoxy) is 2. The molecule has 3 aliphatic heterocycles. The molecule has 2 bridgehead atoms. The first-order valence-corrected chi connectivity index (χ1v) is 15.4. The van der Waals surface area contributed by atoms with E-state index in [0.29, 0.717) is 17.9 Å². The molecule has 0 radical (unpaired) electrons. The minimum Gasteiger partial charge on any atom is -0.497 e. The molecule has 0 amide bonds. The summed E-state index contributed by atoms with van der Waals surface area (Å²) in [4.78, 5) is 5.42. The van der Waals surface area contributed by atoms with Gasteiger partial charge in [0.25, 0.3) is 0 Å². The zero-order chi connectivity index (χ0) is 27.5. The number of aromatic nitrogens is 2. The highest BCUT2D eigenvalue weighted by atomic mass is 16.5. The summed E-state index contributed by atoms with van der Waals surface area (Å²) in [5, 5.41) is 5.05. The van der Waals surface area contributed by atoms with Gasteiger partial charge in [-0.25, -0.2) is 0 Å². The zero-order valence-corrected chi connectivity index (χ0v) is 24.6. The number of hydrogen-bond acceptors (Lipinski definition) is 5. The molecular weight excluding hydrogens is 496 g/mol. The van der Waals surface area contributed by atoms with Crippen LogP contribution in [0.3, 0.4) is 0 Å². The third-order valence-corrected chi connectivity index (χ3v) is 9.82. The van der Waals surface area contributed by atoms with E-state index in [1.165, 1.54) is 74.0 Å². The Morgan fingerprint density at radius 1 is 0.850 bits per heavy atom. The minimum absolute atomic E-state index is 0.595. The topological polar surface area (TPSA) is 42.8 Å². The highest BCUT2D eigenvalue weighted by Crippen LogP contribution is 2.43. The lowest BCUT2D eigenvalue weighted by Crippen LogP contribution is -2.56. The number of benzene rings is 2. The number of piperidine rings is 3. The fraction of sp³-hybridized carbons (Fsp3) is 0.559. The first-order chi connectivity index (χ1) is 19.6. The van der Waals surface area contributed by atoms with Crippen molar-refractivity contribution in [3.05, 3.63) is 77.1 Å². The molecule has 4 aliphatic rings. The number of nitrogens with zero attached hydrogens (tertiary/aromatic N) is 4. The van der Waals surface area contributed by atoms with E-state index in [1.807, 2.05) is 0 Å². The Morgan fingerprint density at radius 3 is 2.02 bits per heavy atom. The second-order valence-corrected chi connectivity index (χ2v) is 12.4. The van der Waals surface area contributed by atoms with Crippen LogP contribution in [0.1, 0.15) is 79.3 Å². The Balaban J connectivity index is 1.16. The molecule has 1 aromatic heterocycles. The van der Waals surface area contributed by atoms with Crippen LogP contribution < -0.4 is 9.47 Å². The van der Waals surface area contributed by atoms with E-state index in [2.05, 4.69) is 76.1 Å². The van der Waals surface area contributed by atoms with Crippen molar-refractivity contribution < 1.29 is 9.47 Å². The third-order valence-electron chi connectivity index (χ3n) is 9.82. The van der Waals surface area contributed by atoms with Crippen molar-refractivity contribution in [3.63, 3.8) is 0 Å². The minimum atomic E-state index is 0.595. The summed E-state index contributed by atoms with van der Waals surface area (Å²) in [5.41, 5.74) is 5.49. The summed E-state index contributed by atoms with van der Waals surface area (Å²) < 4.78 is 13.0. The van der Waals surface area contributed by atoms with Gasteiger partial charge in [0, 0.05) is 56.8 Å². The molecule has 4 atom stereocenters. The van der Waals surface area contributed by atoms with Gasteiger partial charge in [0.2, 0.25) is 0 Å². The van der Waals surface area contributed by atoms with Gasteiger partial charge >= 0.3 is 0 Å². The summed E-state index contributed by atoms with van der Waals surface area (Å²) in [5.74, 6) is 3.85. The fourth-order valence-electron chi connectivity index (χ4n) is 7.57. The molecule has 6 heteroatoms. The van der Waals surface area contributed by atoms with Crippen molar-refractivity contribution >= 4 is 0 Å². The summed E-state index contributed by atoms with van der Waals surface area (Å²) in [7, 11) is 5.64. The third kappa shape index (κ3) is 6.08. The molecule has 4 fully saturated rings. The van der Waals surface area contributed by atoms with E-state index in [9.17, 15) is 0 Å². The van der Waals surface area contributed by atoms with Gasteiger partial charge in [-0.15, -0.1) is 0 Å². The van der Waals surface area contributed by atoms with Crippen molar-refractivity contribution in [2.24, 2.45) is 13.0 Å². The average Bonchev–Trinajstić information content (AvgIpc) is 3.40. The molecule has 3 saturated heterocycles. The van der Waals surface area contributed by atoms with Crippen molar-refractivity contribution in [1.29, 1.82) is 0 Å². The van der Waals surface area contributed by atoms with Crippen molar-refractivity contribution in [2.45, 2.75) is 75.9 Å². The van der Waals surface area contributed by atoms with Crippen molar-refractivity contribution in [2.75, 3.05) is 33.9 Å². The number of aryl methyl sites for hydroxylation is 1. The quantitative estimate of drug-likeness (QED) is 0.298. The van der Waals surface area contributed by atoms with Gasteiger partial charge in [-0.3, -0.25) is 14.5 Å². The second kappa shape index (κ2) is 12.4. The van der Waals surface area contributed by atoms with Crippen LogP contribution in [0, 0.1) is 5.92 Å². The molecular formula is C34H46N4O2. The molecule has 40 heavy (non-hydrogen) atoms. The Morgan fingerprint density at radius 2 is 1.48 bits per heavy atom. The van der Waals surface area contributed by atoms with Crippen LogP contribution in [0.2, 0.25) is 0 Å². The normalized spacial score (nSPS) is 24.9. The summed E-state index contributed by atoms with van der Waals surface area (Å²) in [6.45, 7) is 5.33. The van der Waals surface area contributed by atoms with Crippen LogP contribution in [-0.2, 0) is 20.1 Å². The Labute approximate surface area is 240 Å². The molecule has 2 aromatic carbocycles. The van der Waals surface area contributed by atoms with Crippen LogP contribution in [-0.4, -0.2) is 59.5 Å². The van der Waals surface area contributed by atoms with Gasteiger partial charge in [-0.2, -0.15) is 5.10 Å². The van der Waals surface area contributed by atoms with Crippen LogP contribution in [0.5, 0.6) is 11.5 Å². The van der Waals surface area contributed by atoms with Crippen LogP contribution >= 0.6 is 0 Å². The van der Waals surface area contributed by atoms with Crippen LogP contribution in [0.15, 0.2) is 54.6 Å². The fourth-order valence-corrected chi connectivity index (χ4v) is 7.57. The number of fused-ring (bicyclic) bond motifs is 3. The highest BCUT2D eigenvalue weighted by molar-refractivity contribution is 5.29. The van der Waals surface area contributed by atoms with Gasteiger partial charge < -0.3 is 9.47 Å². The predicted octanol–water partition coefficient (Wildman–Crippen LogP) is 6.37. The maximum absolute atomic E-state index is 5.40. The molecule has 3 aromatic rings. The Bertz CT molecular complexity index is 1180. The molecule has 1 aliphatic carbocycles. The SMILES string of the molecule is COc1ccc(CN(Cc2ccc(OC)cc2)CC2CC3CCN2CC3c2cc(C3CCCCC3)nn2C)cc1. The first-order valence-electron chi connectivity index (χ1n) is 15.4. The molecule has 1 saturated carbocycles. The zero-order valence-electron chi connectivity index (χ0n) is 24.6. The van der Waals surface area contributed by atoms with E-state index in [4.69, 9.17) is 14.6 Å². The maximum atomic E-state index is 5.40. The van der Waals surface area contributed by atoms with Crippen LogP contribution in [0.25, 0.3) is 0 Å². The monoisotopic (exact) mass is 542 g/mol. The average molecular weight is 543 g/mol. The van der Waals surface area contributed by atoms with E-state index in [1.54, 1.807) is 14.2 Å². The number of hydrogen-bond donors (Lipinski definition) is 0. The van der Waals surface area contributed by atoms with Crippen molar-refractivity contribution in [1.82, 2.24) is 19.6 Å². The summed E-state index contributed by atoms with van der Waals surface area (Å²) >= 11 is 0. The summed E-state index contributed by atoms with van der Waals surface area (Å²) in [6.07, 6.45) is 9.33. The molecule has 4 unspecified atom stereocenters. The van der Waals surface area contributed by atoms with Crippen molar-refractivity contribution in [3.8, 4) is 11.5 Å². The van der Waals surface area contributed by atoms with Gasteiger partial charge in [0.05, 0.1) is 19.9 Å². The lowest BCUT2D eigenvalue weighted by atomic mass is 9.73. The molecule has 6 nitrogen and oxygen atoms in total. The Hall–Kier alpha value is -2.83. The number of rotatable bonds is 10. The van der Waals surface area contributed by atoms with E-state index in [0.717, 1.165) is 43.6 Å². The predicted molar refractivity (Wildman–Crippen MR) is 160 cm³/mol. The van der Waals surface area contributed by atoms with Crippen LogP contribution in [0.4, 0.5) is 0 Å². The highest BCUT2D eigenvalue weighted by Gasteiger charge is 2.42. The number of methoxy groups -OCH3 is 2. The Kier molecular flexibility index (Phi) is 8.45. The lowest BCUT2D eigenvalue weighted by molar-refractivity contribution is 0.00762. The van der Waals surface area contributed by atoms with E-state index >= 15 is 0 Å². The molecule has 214 valence electrons. The maximum Gasteiger partial charge on any atom is 0.118 e.